The van der Waals surface area contributed by atoms with Gasteiger partial charge in [0.05, 0.1) is 12.5 Å². The summed E-state index contributed by atoms with van der Waals surface area (Å²) in [5, 5.41) is 2.19. The second-order valence-corrected chi connectivity index (χ2v) is 3.34. The summed E-state index contributed by atoms with van der Waals surface area (Å²) in [6.07, 6.45) is -0.0432. The largest absolute Gasteiger partial charge is 0.350 e. The molecule has 0 aromatic heterocycles. The molecular weight excluding hydrogens is 178 g/mol. The zero-order chi connectivity index (χ0) is 9.84. The molecule has 2 unspecified atom stereocenters. The fraction of sp³-hybridized carbons (Fsp3) is 0.875. The monoisotopic (exact) mass is 192 g/mol. The first-order valence-corrected chi connectivity index (χ1v) is 4.42. The van der Waals surface area contributed by atoms with E-state index >= 15 is 0 Å². The van der Waals surface area contributed by atoms with Gasteiger partial charge in [0, 0.05) is 6.04 Å². The topological polar surface area (TPSA) is 55.1 Å². The van der Waals surface area contributed by atoms with E-state index < -0.39 is 13.0 Å². The normalized spacial score (nSPS) is 28.0. The van der Waals surface area contributed by atoms with Gasteiger partial charge in [0.25, 0.3) is 6.43 Å². The number of hydrogen-bond acceptors (Lipinski definition) is 2. The molecule has 3 N–H and O–H groups in total. The highest BCUT2D eigenvalue weighted by Crippen LogP contribution is 2.23. The Kier molecular flexibility index (Phi) is 3.59. The van der Waals surface area contributed by atoms with Crippen LogP contribution < -0.4 is 11.1 Å². The average molecular weight is 192 g/mol. The molecule has 3 nitrogen and oxygen atoms in total. The number of carbonyl (C=O) groups is 1. The van der Waals surface area contributed by atoms with E-state index in [2.05, 4.69) is 5.32 Å². The standard InChI is InChI=1S/C8H14F2N2O/c9-7(10)4-12-8(13)5-2-1-3-6(5)11/h5-7H,1-4,11H2,(H,12,13). The molecule has 0 aliphatic heterocycles. The number of nitrogens with two attached hydrogens (primary N) is 1. The third-order valence-electron chi connectivity index (χ3n) is 2.34. The summed E-state index contributed by atoms with van der Waals surface area (Å²) in [5.74, 6) is -0.593. The Labute approximate surface area is 75.7 Å². The zero-order valence-corrected chi connectivity index (χ0v) is 7.30. The minimum atomic E-state index is -2.48. The molecule has 1 fully saturated rings. The van der Waals surface area contributed by atoms with Gasteiger partial charge in [0.15, 0.2) is 0 Å². The van der Waals surface area contributed by atoms with Gasteiger partial charge >= 0.3 is 0 Å². The molecule has 1 saturated carbocycles. The third-order valence-corrected chi connectivity index (χ3v) is 2.34. The quantitative estimate of drug-likeness (QED) is 0.684. The molecule has 0 radical (unpaired) electrons. The number of hydrogen-bond donors (Lipinski definition) is 2. The highest BCUT2D eigenvalue weighted by Gasteiger charge is 2.30. The van der Waals surface area contributed by atoms with Crippen molar-refractivity contribution in [2.75, 3.05) is 6.54 Å². The maximum Gasteiger partial charge on any atom is 0.255 e. The van der Waals surface area contributed by atoms with Crippen molar-refractivity contribution in [3.8, 4) is 0 Å². The van der Waals surface area contributed by atoms with Gasteiger partial charge in [0.1, 0.15) is 0 Å². The Hall–Kier alpha value is -0.710. The molecule has 76 valence electrons. The first-order valence-electron chi connectivity index (χ1n) is 4.42. The average Bonchev–Trinajstić information content (AvgIpc) is 2.47. The second-order valence-electron chi connectivity index (χ2n) is 3.34. The predicted molar refractivity (Wildman–Crippen MR) is 44.3 cm³/mol. The molecule has 0 spiro atoms. The Morgan fingerprint density at radius 3 is 2.69 bits per heavy atom. The molecule has 0 bridgehead atoms. The fourth-order valence-corrected chi connectivity index (χ4v) is 1.62. The minimum absolute atomic E-state index is 0.155. The van der Waals surface area contributed by atoms with Crippen LogP contribution in [0.5, 0.6) is 0 Å². The summed E-state index contributed by atoms with van der Waals surface area (Å²) in [4.78, 5) is 11.2. The maximum absolute atomic E-state index is 11.7. The molecule has 0 aromatic rings. The number of halogens is 2. The van der Waals surface area contributed by atoms with Crippen LogP contribution in [0.15, 0.2) is 0 Å². The van der Waals surface area contributed by atoms with Crippen molar-refractivity contribution in [3.05, 3.63) is 0 Å². The Balaban J connectivity index is 2.30. The number of carbonyl (C=O) groups excluding carboxylic acids is 1. The van der Waals surface area contributed by atoms with Crippen LogP contribution in [0.4, 0.5) is 8.78 Å². The Morgan fingerprint density at radius 2 is 2.23 bits per heavy atom. The molecule has 1 aliphatic rings. The van der Waals surface area contributed by atoms with E-state index in [1.165, 1.54) is 0 Å². The summed E-state index contributed by atoms with van der Waals surface area (Å²) in [7, 11) is 0. The highest BCUT2D eigenvalue weighted by molar-refractivity contribution is 5.79. The van der Waals surface area contributed by atoms with Crippen molar-refractivity contribution in [3.63, 3.8) is 0 Å². The van der Waals surface area contributed by atoms with Crippen molar-refractivity contribution >= 4 is 5.91 Å². The van der Waals surface area contributed by atoms with Gasteiger partial charge in [-0.3, -0.25) is 4.79 Å². The van der Waals surface area contributed by atoms with Crippen LogP contribution in [-0.2, 0) is 4.79 Å². The molecule has 5 heteroatoms. The molecule has 1 amide bonds. The van der Waals surface area contributed by atoms with E-state index in [0.29, 0.717) is 0 Å². The number of nitrogens with one attached hydrogen (secondary N) is 1. The Morgan fingerprint density at radius 1 is 1.54 bits per heavy atom. The van der Waals surface area contributed by atoms with Gasteiger partial charge in [-0.25, -0.2) is 8.78 Å². The van der Waals surface area contributed by atoms with Gasteiger partial charge < -0.3 is 11.1 Å². The van der Waals surface area contributed by atoms with Gasteiger partial charge in [-0.15, -0.1) is 0 Å². The molecule has 1 rings (SSSR count). The van der Waals surface area contributed by atoms with Crippen LogP contribution in [0.3, 0.4) is 0 Å². The summed E-state index contributed by atoms with van der Waals surface area (Å²) in [6, 6.07) is -0.155. The lowest BCUT2D eigenvalue weighted by atomic mass is 10.0. The first-order chi connectivity index (χ1) is 6.11. The minimum Gasteiger partial charge on any atom is -0.350 e. The summed E-state index contributed by atoms with van der Waals surface area (Å²) in [5.41, 5.74) is 5.64. The maximum atomic E-state index is 11.7. The number of rotatable bonds is 3. The predicted octanol–water partition coefficient (Wildman–Crippen LogP) is 0.495. The van der Waals surface area contributed by atoms with Crippen molar-refractivity contribution in [1.29, 1.82) is 0 Å². The van der Waals surface area contributed by atoms with E-state index in [-0.39, 0.29) is 17.9 Å². The summed E-state index contributed by atoms with van der Waals surface area (Å²) >= 11 is 0. The lowest BCUT2D eigenvalue weighted by molar-refractivity contribution is -0.125. The van der Waals surface area contributed by atoms with Gasteiger partial charge in [-0.1, -0.05) is 6.42 Å². The van der Waals surface area contributed by atoms with Crippen molar-refractivity contribution in [2.24, 2.45) is 11.7 Å². The van der Waals surface area contributed by atoms with Crippen LogP contribution in [0, 0.1) is 5.92 Å². The van der Waals surface area contributed by atoms with Crippen LogP contribution in [0.1, 0.15) is 19.3 Å². The highest BCUT2D eigenvalue weighted by atomic mass is 19.3. The smallest absolute Gasteiger partial charge is 0.255 e. The lowest BCUT2D eigenvalue weighted by Gasteiger charge is -2.14. The fourth-order valence-electron chi connectivity index (χ4n) is 1.62. The number of amides is 1. The number of alkyl halides is 2. The third kappa shape index (κ3) is 2.91. The molecular formula is C8H14F2N2O. The molecule has 2 atom stereocenters. The molecule has 0 aromatic carbocycles. The SMILES string of the molecule is NC1CCCC1C(=O)NCC(F)F. The van der Waals surface area contributed by atoms with Crippen LogP contribution in [-0.4, -0.2) is 24.9 Å². The van der Waals surface area contributed by atoms with E-state index in [1.54, 1.807) is 0 Å². The molecule has 0 saturated heterocycles. The Bertz CT molecular complexity index is 187. The second kappa shape index (κ2) is 4.50. The zero-order valence-electron chi connectivity index (χ0n) is 7.30. The van der Waals surface area contributed by atoms with Crippen LogP contribution >= 0.6 is 0 Å². The summed E-state index contributed by atoms with van der Waals surface area (Å²) in [6.45, 7) is -0.567. The van der Waals surface area contributed by atoms with Crippen molar-refractivity contribution in [2.45, 2.75) is 31.7 Å². The van der Waals surface area contributed by atoms with Crippen LogP contribution in [0.25, 0.3) is 0 Å². The van der Waals surface area contributed by atoms with Crippen LogP contribution in [0.2, 0.25) is 0 Å². The van der Waals surface area contributed by atoms with E-state index in [0.717, 1.165) is 19.3 Å². The molecule has 0 heterocycles. The van der Waals surface area contributed by atoms with Crippen molar-refractivity contribution < 1.29 is 13.6 Å². The molecule has 1 aliphatic carbocycles. The molecule has 13 heavy (non-hydrogen) atoms. The lowest BCUT2D eigenvalue weighted by Crippen LogP contribution is -2.40. The van der Waals surface area contributed by atoms with E-state index in [9.17, 15) is 13.6 Å². The van der Waals surface area contributed by atoms with E-state index in [1.807, 2.05) is 0 Å². The van der Waals surface area contributed by atoms with Gasteiger partial charge in [-0.05, 0) is 12.8 Å². The van der Waals surface area contributed by atoms with Gasteiger partial charge in [-0.2, -0.15) is 0 Å². The van der Waals surface area contributed by atoms with Gasteiger partial charge in [0.2, 0.25) is 5.91 Å². The first kappa shape index (κ1) is 10.4. The van der Waals surface area contributed by atoms with Crippen molar-refractivity contribution in [1.82, 2.24) is 5.32 Å². The summed E-state index contributed by atoms with van der Waals surface area (Å²) < 4.78 is 23.5. The van der Waals surface area contributed by atoms with E-state index in [4.69, 9.17) is 5.73 Å².